The lowest BCUT2D eigenvalue weighted by Gasteiger charge is -2.33. The van der Waals surface area contributed by atoms with Gasteiger partial charge in [-0.3, -0.25) is 0 Å². The van der Waals surface area contributed by atoms with Gasteiger partial charge >= 0.3 is 6.18 Å². The fourth-order valence-electron chi connectivity index (χ4n) is 2.05. The maximum Gasteiger partial charge on any atom is 0.414 e. The summed E-state index contributed by atoms with van der Waals surface area (Å²) >= 11 is 0. The zero-order valence-corrected chi connectivity index (χ0v) is 10.8. The molecule has 0 spiro atoms. The third-order valence-electron chi connectivity index (χ3n) is 3.22. The molecule has 0 radical (unpaired) electrons. The summed E-state index contributed by atoms with van der Waals surface area (Å²) in [5.74, 6) is 0.478. The molecule has 0 bridgehead atoms. The average Bonchev–Trinajstić information content (AvgIpc) is 2.46. The summed E-state index contributed by atoms with van der Waals surface area (Å²) in [6, 6.07) is 13.1. The summed E-state index contributed by atoms with van der Waals surface area (Å²) in [5, 5.41) is 0. The number of halogens is 3. The molecule has 0 saturated carbocycles. The van der Waals surface area contributed by atoms with Gasteiger partial charge in [-0.2, -0.15) is 13.2 Å². The highest BCUT2D eigenvalue weighted by Gasteiger charge is 2.54. The van der Waals surface area contributed by atoms with Crippen LogP contribution in [-0.2, 0) is 5.54 Å². The van der Waals surface area contributed by atoms with Crippen LogP contribution in [-0.4, -0.2) is 13.3 Å². The average molecular weight is 281 g/mol. The molecule has 0 saturated heterocycles. The molecule has 0 aliphatic carbocycles. The topological polar surface area (TPSA) is 35.2 Å². The standard InChI is InChI=1S/C15H14F3NO/c1-20-13-9-7-12(8-10-13)14(19,15(16,17)18)11-5-3-2-4-6-11/h2-10H,19H2,1H3/t14-/m1/s1. The predicted octanol–water partition coefficient (Wildman–Crippen LogP) is 3.46. The molecule has 0 heterocycles. The second kappa shape index (κ2) is 5.17. The van der Waals surface area contributed by atoms with Gasteiger partial charge < -0.3 is 10.5 Å². The lowest BCUT2D eigenvalue weighted by atomic mass is 9.83. The van der Waals surface area contributed by atoms with Gasteiger partial charge in [-0.1, -0.05) is 42.5 Å². The van der Waals surface area contributed by atoms with Crippen molar-refractivity contribution in [2.75, 3.05) is 7.11 Å². The van der Waals surface area contributed by atoms with Crippen molar-refractivity contribution in [2.45, 2.75) is 11.7 Å². The largest absolute Gasteiger partial charge is 0.497 e. The predicted molar refractivity (Wildman–Crippen MR) is 70.5 cm³/mol. The second-order valence-corrected chi connectivity index (χ2v) is 4.40. The van der Waals surface area contributed by atoms with Crippen molar-refractivity contribution in [3.8, 4) is 5.75 Å². The fraction of sp³-hybridized carbons (Fsp3) is 0.200. The van der Waals surface area contributed by atoms with Gasteiger partial charge in [-0.05, 0) is 23.3 Å². The van der Waals surface area contributed by atoms with Crippen LogP contribution in [0, 0.1) is 0 Å². The molecule has 106 valence electrons. The highest BCUT2D eigenvalue weighted by molar-refractivity contribution is 5.42. The third-order valence-corrected chi connectivity index (χ3v) is 3.22. The molecule has 5 heteroatoms. The van der Waals surface area contributed by atoms with Crippen molar-refractivity contribution in [3.63, 3.8) is 0 Å². The van der Waals surface area contributed by atoms with E-state index in [2.05, 4.69) is 0 Å². The van der Waals surface area contributed by atoms with Gasteiger partial charge in [0.2, 0.25) is 0 Å². The monoisotopic (exact) mass is 281 g/mol. The van der Waals surface area contributed by atoms with E-state index in [1.165, 1.54) is 55.6 Å². The summed E-state index contributed by atoms with van der Waals surface area (Å²) < 4.78 is 45.5. The van der Waals surface area contributed by atoms with Gasteiger partial charge in [-0.25, -0.2) is 0 Å². The molecule has 0 aliphatic heterocycles. The van der Waals surface area contributed by atoms with Crippen molar-refractivity contribution >= 4 is 0 Å². The molecule has 0 aliphatic rings. The Hall–Kier alpha value is -2.01. The van der Waals surface area contributed by atoms with Crippen LogP contribution in [0.25, 0.3) is 0 Å². The Bertz CT molecular complexity index is 566. The number of nitrogens with two attached hydrogens (primary N) is 1. The number of rotatable bonds is 3. The van der Waals surface area contributed by atoms with Crippen molar-refractivity contribution in [1.82, 2.24) is 0 Å². The van der Waals surface area contributed by atoms with E-state index in [1.54, 1.807) is 6.07 Å². The summed E-state index contributed by atoms with van der Waals surface area (Å²) in [4.78, 5) is 0. The van der Waals surface area contributed by atoms with Gasteiger partial charge in [0.05, 0.1) is 7.11 Å². The Labute approximate surface area is 115 Å². The van der Waals surface area contributed by atoms with Crippen LogP contribution in [0.15, 0.2) is 54.6 Å². The van der Waals surface area contributed by atoms with E-state index < -0.39 is 11.7 Å². The minimum absolute atomic E-state index is 0.00216. The Balaban J connectivity index is 2.58. The first-order valence-corrected chi connectivity index (χ1v) is 5.95. The molecule has 1 atom stereocenters. The van der Waals surface area contributed by atoms with Crippen LogP contribution in [0.1, 0.15) is 11.1 Å². The van der Waals surface area contributed by atoms with Crippen molar-refractivity contribution in [2.24, 2.45) is 5.73 Å². The minimum Gasteiger partial charge on any atom is -0.497 e. The zero-order chi connectivity index (χ0) is 14.8. The highest BCUT2D eigenvalue weighted by atomic mass is 19.4. The van der Waals surface area contributed by atoms with E-state index in [-0.39, 0.29) is 11.1 Å². The smallest absolute Gasteiger partial charge is 0.414 e. The van der Waals surface area contributed by atoms with Gasteiger partial charge in [-0.15, -0.1) is 0 Å². The summed E-state index contributed by atoms with van der Waals surface area (Å²) in [7, 11) is 1.45. The number of alkyl halides is 3. The van der Waals surface area contributed by atoms with Gasteiger partial charge in [0.25, 0.3) is 0 Å². The van der Waals surface area contributed by atoms with Crippen LogP contribution in [0.2, 0.25) is 0 Å². The Morgan fingerprint density at radius 1 is 0.850 bits per heavy atom. The van der Waals surface area contributed by atoms with Crippen molar-refractivity contribution < 1.29 is 17.9 Å². The number of benzene rings is 2. The van der Waals surface area contributed by atoms with Gasteiger partial charge in [0.1, 0.15) is 5.75 Å². The number of hydrogen-bond acceptors (Lipinski definition) is 2. The molecule has 0 aromatic heterocycles. The summed E-state index contributed by atoms with van der Waals surface area (Å²) in [5.41, 5.74) is 3.17. The SMILES string of the molecule is COc1ccc([C@](N)(c2ccccc2)C(F)(F)F)cc1. The van der Waals surface area contributed by atoms with Gasteiger partial charge in [0.15, 0.2) is 5.54 Å². The Morgan fingerprint density at radius 2 is 1.35 bits per heavy atom. The van der Waals surface area contributed by atoms with Crippen LogP contribution in [0.5, 0.6) is 5.75 Å². The minimum atomic E-state index is -4.61. The molecule has 0 fully saturated rings. The number of ether oxygens (including phenoxy) is 1. The molecule has 0 unspecified atom stereocenters. The summed E-state index contributed by atoms with van der Waals surface area (Å²) in [6.07, 6.45) is -4.61. The van der Waals surface area contributed by atoms with E-state index in [4.69, 9.17) is 10.5 Å². The lowest BCUT2D eigenvalue weighted by molar-refractivity contribution is -0.176. The van der Waals surface area contributed by atoms with Gasteiger partial charge in [0, 0.05) is 0 Å². The van der Waals surface area contributed by atoms with E-state index in [9.17, 15) is 13.2 Å². The third kappa shape index (κ3) is 2.36. The molecule has 2 nitrogen and oxygen atoms in total. The number of hydrogen-bond donors (Lipinski definition) is 1. The van der Waals surface area contributed by atoms with Crippen molar-refractivity contribution in [3.05, 3.63) is 65.7 Å². The Morgan fingerprint density at radius 3 is 1.80 bits per heavy atom. The van der Waals surface area contributed by atoms with E-state index in [1.807, 2.05) is 0 Å². The van der Waals surface area contributed by atoms with Crippen LogP contribution in [0.3, 0.4) is 0 Å². The molecule has 2 aromatic carbocycles. The van der Waals surface area contributed by atoms with Crippen molar-refractivity contribution in [1.29, 1.82) is 0 Å². The first kappa shape index (κ1) is 14.4. The molecule has 2 rings (SSSR count). The molecule has 20 heavy (non-hydrogen) atoms. The molecule has 2 N–H and O–H groups in total. The maximum atomic E-state index is 13.5. The summed E-state index contributed by atoms with van der Waals surface area (Å²) in [6.45, 7) is 0. The zero-order valence-electron chi connectivity index (χ0n) is 10.8. The molecular weight excluding hydrogens is 267 g/mol. The van der Waals surface area contributed by atoms with Crippen LogP contribution >= 0.6 is 0 Å². The van der Waals surface area contributed by atoms with Crippen LogP contribution in [0.4, 0.5) is 13.2 Å². The van der Waals surface area contributed by atoms with E-state index in [0.29, 0.717) is 5.75 Å². The normalized spacial score (nSPS) is 14.7. The quantitative estimate of drug-likeness (QED) is 0.935. The lowest BCUT2D eigenvalue weighted by Crippen LogP contribution is -2.51. The molecule has 2 aromatic rings. The molecular formula is C15H14F3NO. The van der Waals surface area contributed by atoms with E-state index >= 15 is 0 Å². The first-order chi connectivity index (χ1) is 9.39. The second-order valence-electron chi connectivity index (χ2n) is 4.40. The van der Waals surface area contributed by atoms with Crippen LogP contribution < -0.4 is 10.5 Å². The molecule has 0 amide bonds. The van der Waals surface area contributed by atoms with E-state index in [0.717, 1.165) is 0 Å². The Kier molecular flexibility index (Phi) is 3.72. The number of methoxy groups -OCH3 is 1. The maximum absolute atomic E-state index is 13.5. The highest BCUT2D eigenvalue weighted by Crippen LogP contribution is 2.42. The fourth-order valence-corrected chi connectivity index (χ4v) is 2.05. The first-order valence-electron chi connectivity index (χ1n) is 5.95.